The first-order valence-electron chi connectivity index (χ1n) is 9.22. The number of carboxylic acid groups (broad SMARTS) is 1. The van der Waals surface area contributed by atoms with Crippen molar-refractivity contribution < 1.29 is 14.7 Å². The van der Waals surface area contributed by atoms with Crippen LogP contribution in [0.1, 0.15) is 56.9 Å². The van der Waals surface area contributed by atoms with Gasteiger partial charge >= 0.3 is 5.97 Å². The van der Waals surface area contributed by atoms with Gasteiger partial charge in [-0.1, -0.05) is 49.6 Å². The zero-order valence-corrected chi connectivity index (χ0v) is 14.2. The summed E-state index contributed by atoms with van der Waals surface area (Å²) < 4.78 is 0. The molecule has 2 aliphatic rings. The summed E-state index contributed by atoms with van der Waals surface area (Å²) in [6.07, 6.45) is 7.64. The Morgan fingerprint density at radius 3 is 2.25 bits per heavy atom. The quantitative estimate of drug-likeness (QED) is 0.892. The zero-order valence-electron chi connectivity index (χ0n) is 14.2. The third-order valence-corrected chi connectivity index (χ3v) is 5.63. The Kier molecular flexibility index (Phi) is 5.54. The normalized spacial score (nSPS) is 24.7. The summed E-state index contributed by atoms with van der Waals surface area (Å²) in [5.41, 5.74) is 1.16. The van der Waals surface area contributed by atoms with Crippen molar-refractivity contribution in [1.82, 2.24) is 4.90 Å². The van der Waals surface area contributed by atoms with E-state index in [0.717, 1.165) is 18.4 Å². The van der Waals surface area contributed by atoms with Crippen molar-refractivity contribution in [3.05, 3.63) is 35.9 Å². The third kappa shape index (κ3) is 3.97. The number of benzene rings is 1. The monoisotopic (exact) mass is 329 g/mol. The van der Waals surface area contributed by atoms with Gasteiger partial charge in [-0.25, -0.2) is 0 Å². The molecule has 4 nitrogen and oxygen atoms in total. The number of hydrogen-bond donors (Lipinski definition) is 1. The van der Waals surface area contributed by atoms with E-state index in [1.54, 1.807) is 0 Å². The molecular formula is C20H27NO3. The Labute approximate surface area is 143 Å². The van der Waals surface area contributed by atoms with Gasteiger partial charge in [0.1, 0.15) is 0 Å². The van der Waals surface area contributed by atoms with E-state index in [9.17, 15) is 14.7 Å². The van der Waals surface area contributed by atoms with E-state index < -0.39 is 5.97 Å². The van der Waals surface area contributed by atoms with Crippen LogP contribution in [0.5, 0.6) is 0 Å². The van der Waals surface area contributed by atoms with Gasteiger partial charge in [0.15, 0.2) is 0 Å². The van der Waals surface area contributed by atoms with E-state index in [1.807, 2.05) is 18.2 Å². The number of nitrogens with zero attached hydrogens (tertiary/aromatic N) is 1. The minimum absolute atomic E-state index is 0.114. The van der Waals surface area contributed by atoms with Crippen molar-refractivity contribution in [3.63, 3.8) is 0 Å². The van der Waals surface area contributed by atoms with Crippen LogP contribution >= 0.6 is 0 Å². The molecule has 0 aromatic heterocycles. The predicted molar refractivity (Wildman–Crippen MR) is 92.3 cm³/mol. The first-order chi connectivity index (χ1) is 11.6. The number of hydrogen-bond acceptors (Lipinski definition) is 2. The van der Waals surface area contributed by atoms with Crippen LogP contribution in [-0.4, -0.2) is 27.9 Å². The summed E-state index contributed by atoms with van der Waals surface area (Å²) in [5, 5.41) is 9.21. The Balaban J connectivity index is 1.73. The van der Waals surface area contributed by atoms with Crippen molar-refractivity contribution in [2.24, 2.45) is 11.8 Å². The van der Waals surface area contributed by atoms with Crippen LogP contribution in [0, 0.1) is 11.8 Å². The van der Waals surface area contributed by atoms with E-state index in [2.05, 4.69) is 17.0 Å². The third-order valence-electron chi connectivity index (χ3n) is 5.63. The van der Waals surface area contributed by atoms with Gasteiger partial charge in [-0.2, -0.15) is 0 Å². The fraction of sp³-hybridized carbons (Fsp3) is 0.600. The van der Waals surface area contributed by atoms with Crippen LogP contribution in [0.4, 0.5) is 0 Å². The van der Waals surface area contributed by atoms with Crippen LogP contribution in [0.3, 0.4) is 0 Å². The Bertz CT molecular complexity index is 566. The Morgan fingerprint density at radius 1 is 0.958 bits per heavy atom. The van der Waals surface area contributed by atoms with Gasteiger partial charge in [0, 0.05) is 18.5 Å². The van der Waals surface area contributed by atoms with Crippen molar-refractivity contribution >= 4 is 11.9 Å². The Hall–Kier alpha value is -1.84. The molecular weight excluding hydrogens is 302 g/mol. The first-order valence-corrected chi connectivity index (χ1v) is 9.22. The molecule has 2 atom stereocenters. The van der Waals surface area contributed by atoms with Gasteiger partial charge in [0.25, 0.3) is 0 Å². The molecule has 1 aromatic rings. The predicted octanol–water partition coefficient (Wildman–Crippen LogP) is 3.85. The molecule has 0 unspecified atom stereocenters. The summed E-state index contributed by atoms with van der Waals surface area (Å²) in [6.45, 7) is 0.651. The molecule has 24 heavy (non-hydrogen) atoms. The average molecular weight is 329 g/mol. The molecule has 0 heterocycles. The van der Waals surface area contributed by atoms with Crippen LogP contribution < -0.4 is 0 Å². The van der Waals surface area contributed by atoms with Crippen LogP contribution in [-0.2, 0) is 16.1 Å². The summed E-state index contributed by atoms with van der Waals surface area (Å²) in [6, 6.07) is 10.5. The van der Waals surface area contributed by atoms with Gasteiger partial charge < -0.3 is 10.0 Å². The highest BCUT2D eigenvalue weighted by Gasteiger charge is 2.37. The lowest BCUT2D eigenvalue weighted by molar-refractivity contribution is -0.142. The van der Waals surface area contributed by atoms with Crippen molar-refractivity contribution in [3.8, 4) is 0 Å². The Morgan fingerprint density at radius 2 is 1.62 bits per heavy atom. The van der Waals surface area contributed by atoms with E-state index in [4.69, 9.17) is 0 Å². The number of carbonyl (C=O) groups excluding carboxylic acids is 1. The van der Waals surface area contributed by atoms with Gasteiger partial charge in [-0.3, -0.25) is 9.59 Å². The molecule has 0 spiro atoms. The fourth-order valence-electron chi connectivity index (χ4n) is 4.22. The van der Waals surface area contributed by atoms with Gasteiger partial charge in [0.05, 0.1) is 5.92 Å². The molecule has 0 saturated heterocycles. The lowest BCUT2D eigenvalue weighted by Gasteiger charge is -2.36. The second-order valence-electron chi connectivity index (χ2n) is 7.29. The highest BCUT2D eigenvalue weighted by molar-refractivity contribution is 5.81. The van der Waals surface area contributed by atoms with E-state index in [0.29, 0.717) is 31.8 Å². The zero-order chi connectivity index (χ0) is 16.9. The lowest BCUT2D eigenvalue weighted by Crippen LogP contribution is -2.43. The number of rotatable bonds is 5. The minimum Gasteiger partial charge on any atom is -0.481 e. The summed E-state index contributed by atoms with van der Waals surface area (Å²) in [4.78, 5) is 26.4. The molecule has 0 bridgehead atoms. The van der Waals surface area contributed by atoms with Gasteiger partial charge in [-0.05, 0) is 37.7 Å². The van der Waals surface area contributed by atoms with E-state index >= 15 is 0 Å². The number of aliphatic carboxylic acids is 1. The second-order valence-corrected chi connectivity index (χ2v) is 7.29. The summed E-state index contributed by atoms with van der Waals surface area (Å²) in [7, 11) is 0. The highest BCUT2D eigenvalue weighted by atomic mass is 16.4. The molecule has 4 heteroatoms. The lowest BCUT2D eigenvalue weighted by atomic mass is 9.92. The standard InChI is InChI=1S/C20H27NO3/c22-19(16-11-12-17(13-16)20(23)24)21(18-9-5-2-6-10-18)14-15-7-3-1-4-8-15/h1,3-4,7-8,16-18H,2,5-6,9-14H2,(H,23,24)/t16-,17+/m0/s1. The van der Waals surface area contributed by atoms with Crippen molar-refractivity contribution in [1.29, 1.82) is 0 Å². The number of amides is 1. The molecule has 2 saturated carbocycles. The minimum atomic E-state index is -0.752. The molecule has 3 rings (SSSR count). The first kappa shape index (κ1) is 17.0. The SMILES string of the molecule is O=C(O)[C@@H]1CC[C@H](C(=O)N(Cc2ccccc2)C2CCCCC2)C1. The maximum atomic E-state index is 13.2. The number of carbonyl (C=O) groups is 2. The molecule has 2 aliphatic carbocycles. The van der Waals surface area contributed by atoms with Crippen molar-refractivity contribution in [2.75, 3.05) is 0 Å². The molecule has 1 amide bonds. The fourth-order valence-corrected chi connectivity index (χ4v) is 4.22. The summed E-state index contributed by atoms with van der Waals surface area (Å²) >= 11 is 0. The highest BCUT2D eigenvalue weighted by Crippen LogP contribution is 2.34. The number of carboxylic acids is 1. The summed E-state index contributed by atoms with van der Waals surface area (Å²) in [5.74, 6) is -1.03. The van der Waals surface area contributed by atoms with E-state index in [-0.39, 0.29) is 17.7 Å². The molecule has 0 aliphatic heterocycles. The molecule has 1 N–H and O–H groups in total. The van der Waals surface area contributed by atoms with Crippen LogP contribution in [0.25, 0.3) is 0 Å². The van der Waals surface area contributed by atoms with Crippen molar-refractivity contribution in [2.45, 2.75) is 64.0 Å². The molecule has 130 valence electrons. The topological polar surface area (TPSA) is 57.6 Å². The average Bonchev–Trinajstić information content (AvgIpc) is 3.11. The van der Waals surface area contributed by atoms with Gasteiger partial charge in [-0.15, -0.1) is 0 Å². The second kappa shape index (κ2) is 7.82. The maximum absolute atomic E-state index is 13.2. The van der Waals surface area contributed by atoms with Crippen LogP contribution in [0.2, 0.25) is 0 Å². The van der Waals surface area contributed by atoms with E-state index in [1.165, 1.54) is 19.3 Å². The smallest absolute Gasteiger partial charge is 0.306 e. The van der Waals surface area contributed by atoms with Crippen LogP contribution in [0.15, 0.2) is 30.3 Å². The molecule has 2 fully saturated rings. The molecule has 0 radical (unpaired) electrons. The van der Waals surface area contributed by atoms with Gasteiger partial charge in [0.2, 0.25) is 5.91 Å². The maximum Gasteiger partial charge on any atom is 0.306 e. The largest absolute Gasteiger partial charge is 0.481 e. The molecule has 1 aromatic carbocycles.